The van der Waals surface area contributed by atoms with Gasteiger partial charge in [0.1, 0.15) is 6.04 Å². The third kappa shape index (κ3) is 3.90. The van der Waals surface area contributed by atoms with E-state index < -0.39 is 26.9 Å². The number of amides is 1. The number of nitrogens with one attached hydrogen (secondary N) is 1. The lowest BCUT2D eigenvalue weighted by molar-refractivity contribution is -0.384. The molecule has 0 aromatic heterocycles. The zero-order valence-corrected chi connectivity index (χ0v) is 12.6. The molecule has 0 fully saturated rings. The van der Waals surface area contributed by atoms with Crippen LogP contribution in [0.1, 0.15) is 11.6 Å². The Morgan fingerprint density at radius 1 is 1.09 bits per heavy atom. The third-order valence-corrected chi connectivity index (χ3v) is 4.49. The summed E-state index contributed by atoms with van der Waals surface area (Å²) in [6.45, 7) is 0. The lowest BCUT2D eigenvalue weighted by Gasteiger charge is -2.16. The van der Waals surface area contributed by atoms with Gasteiger partial charge in [-0.05, 0) is 17.7 Å². The maximum atomic E-state index is 12.3. The summed E-state index contributed by atoms with van der Waals surface area (Å²) in [5, 5.41) is 10.6. The Hall–Kier alpha value is -2.78. The molecule has 2 aromatic carbocycles. The van der Waals surface area contributed by atoms with E-state index in [2.05, 4.69) is 4.72 Å². The summed E-state index contributed by atoms with van der Waals surface area (Å²) < 4.78 is 26.8. The van der Waals surface area contributed by atoms with Crippen LogP contribution >= 0.6 is 0 Å². The van der Waals surface area contributed by atoms with Crippen molar-refractivity contribution in [1.82, 2.24) is 4.72 Å². The summed E-state index contributed by atoms with van der Waals surface area (Å²) in [5.74, 6) is -0.860. The van der Waals surface area contributed by atoms with Crippen molar-refractivity contribution in [3.63, 3.8) is 0 Å². The Balaban J connectivity index is 2.31. The van der Waals surface area contributed by atoms with Gasteiger partial charge in [0.2, 0.25) is 15.9 Å². The first kappa shape index (κ1) is 16.6. The van der Waals surface area contributed by atoms with Gasteiger partial charge in [0.15, 0.2) is 0 Å². The van der Waals surface area contributed by atoms with Gasteiger partial charge < -0.3 is 5.73 Å². The second-order valence-corrected chi connectivity index (χ2v) is 6.33. The Bertz CT molecular complexity index is 819. The molecule has 23 heavy (non-hydrogen) atoms. The van der Waals surface area contributed by atoms with Crippen LogP contribution in [0.15, 0.2) is 59.5 Å². The van der Waals surface area contributed by atoms with Crippen LogP contribution in [0.5, 0.6) is 0 Å². The molecule has 0 aliphatic rings. The standard InChI is InChI=1S/C14H13N3O5S/c15-14(18)13(10-4-2-1-3-5-10)16-23(21,22)12-8-6-11(7-9-12)17(19)20/h1-9,13,16H,(H2,15,18). The van der Waals surface area contributed by atoms with E-state index in [1.807, 2.05) is 0 Å². The van der Waals surface area contributed by atoms with Crippen LogP contribution in [0, 0.1) is 10.1 Å². The van der Waals surface area contributed by atoms with Crippen molar-refractivity contribution < 1.29 is 18.1 Å². The molecule has 120 valence electrons. The third-order valence-electron chi connectivity index (χ3n) is 3.05. The van der Waals surface area contributed by atoms with E-state index in [-0.39, 0.29) is 10.6 Å². The Morgan fingerprint density at radius 3 is 2.13 bits per heavy atom. The molecule has 1 amide bonds. The van der Waals surface area contributed by atoms with Gasteiger partial charge in [0.05, 0.1) is 9.82 Å². The number of hydrogen-bond acceptors (Lipinski definition) is 5. The number of sulfonamides is 1. The molecular formula is C14H13N3O5S. The predicted octanol–water partition coefficient (Wildman–Crippen LogP) is 1.10. The largest absolute Gasteiger partial charge is 0.368 e. The fourth-order valence-electron chi connectivity index (χ4n) is 1.91. The van der Waals surface area contributed by atoms with Crippen molar-refractivity contribution in [1.29, 1.82) is 0 Å². The molecule has 1 atom stereocenters. The van der Waals surface area contributed by atoms with Crippen molar-refractivity contribution in [2.24, 2.45) is 5.73 Å². The van der Waals surface area contributed by atoms with Crippen LogP contribution in [0.4, 0.5) is 5.69 Å². The van der Waals surface area contributed by atoms with E-state index in [0.717, 1.165) is 24.3 Å². The molecule has 0 aliphatic heterocycles. The van der Waals surface area contributed by atoms with Gasteiger partial charge in [-0.1, -0.05) is 30.3 Å². The van der Waals surface area contributed by atoms with Crippen LogP contribution in [-0.4, -0.2) is 19.2 Å². The maximum absolute atomic E-state index is 12.3. The predicted molar refractivity (Wildman–Crippen MR) is 81.8 cm³/mol. The maximum Gasteiger partial charge on any atom is 0.269 e. The molecule has 0 spiro atoms. The first-order chi connectivity index (χ1) is 10.8. The number of benzene rings is 2. The second-order valence-electron chi connectivity index (χ2n) is 4.62. The normalized spacial score (nSPS) is 12.5. The van der Waals surface area contributed by atoms with E-state index in [0.29, 0.717) is 5.56 Å². The molecule has 9 heteroatoms. The summed E-state index contributed by atoms with van der Waals surface area (Å²) in [6, 6.07) is 11.2. The lowest BCUT2D eigenvalue weighted by atomic mass is 10.1. The smallest absolute Gasteiger partial charge is 0.269 e. The van der Waals surface area contributed by atoms with Crippen LogP contribution in [-0.2, 0) is 14.8 Å². The number of hydrogen-bond donors (Lipinski definition) is 2. The van der Waals surface area contributed by atoms with Crippen LogP contribution in [0.25, 0.3) is 0 Å². The van der Waals surface area contributed by atoms with E-state index >= 15 is 0 Å². The molecule has 0 radical (unpaired) electrons. The summed E-state index contributed by atoms with van der Waals surface area (Å²) >= 11 is 0. The minimum atomic E-state index is -4.07. The minimum absolute atomic E-state index is 0.203. The lowest BCUT2D eigenvalue weighted by Crippen LogP contribution is -2.37. The molecule has 3 N–H and O–H groups in total. The van der Waals surface area contributed by atoms with Gasteiger partial charge in [-0.25, -0.2) is 8.42 Å². The van der Waals surface area contributed by atoms with Crippen LogP contribution in [0.3, 0.4) is 0 Å². The zero-order chi connectivity index (χ0) is 17.0. The van der Waals surface area contributed by atoms with E-state index in [1.165, 1.54) is 0 Å². The number of carbonyl (C=O) groups is 1. The quantitative estimate of drug-likeness (QED) is 0.602. The topological polar surface area (TPSA) is 132 Å². The monoisotopic (exact) mass is 335 g/mol. The molecule has 1 unspecified atom stereocenters. The van der Waals surface area contributed by atoms with Crippen molar-refractivity contribution >= 4 is 21.6 Å². The SMILES string of the molecule is NC(=O)C(NS(=O)(=O)c1ccc([N+](=O)[O-])cc1)c1ccccc1. The molecule has 0 saturated heterocycles. The summed E-state index contributed by atoms with van der Waals surface area (Å²) in [5.41, 5.74) is 5.42. The van der Waals surface area contributed by atoms with Gasteiger partial charge in [-0.2, -0.15) is 4.72 Å². The highest BCUT2D eigenvalue weighted by Crippen LogP contribution is 2.19. The molecular weight excluding hydrogens is 322 g/mol. The minimum Gasteiger partial charge on any atom is -0.368 e. The summed E-state index contributed by atoms with van der Waals surface area (Å²) in [4.78, 5) is 21.3. The van der Waals surface area contributed by atoms with Crippen molar-refractivity contribution in [3.8, 4) is 0 Å². The molecule has 0 heterocycles. The molecule has 0 saturated carbocycles. The van der Waals surface area contributed by atoms with Gasteiger partial charge in [0.25, 0.3) is 5.69 Å². The van der Waals surface area contributed by atoms with Gasteiger partial charge in [0, 0.05) is 12.1 Å². The number of nitro benzene ring substituents is 1. The molecule has 2 rings (SSSR count). The first-order valence-electron chi connectivity index (χ1n) is 6.42. The van der Waals surface area contributed by atoms with E-state index in [4.69, 9.17) is 5.73 Å². The van der Waals surface area contributed by atoms with Crippen molar-refractivity contribution in [2.45, 2.75) is 10.9 Å². The summed E-state index contributed by atoms with van der Waals surface area (Å²) in [6.07, 6.45) is 0. The van der Waals surface area contributed by atoms with Crippen LogP contribution < -0.4 is 10.5 Å². The van der Waals surface area contributed by atoms with Gasteiger partial charge in [-0.3, -0.25) is 14.9 Å². The highest BCUT2D eigenvalue weighted by atomic mass is 32.2. The molecule has 8 nitrogen and oxygen atoms in total. The van der Waals surface area contributed by atoms with Gasteiger partial charge >= 0.3 is 0 Å². The van der Waals surface area contributed by atoms with Crippen molar-refractivity contribution in [3.05, 3.63) is 70.3 Å². The number of rotatable bonds is 6. The number of nitrogens with zero attached hydrogens (tertiary/aromatic N) is 1. The number of carbonyl (C=O) groups excluding carboxylic acids is 1. The molecule has 2 aromatic rings. The number of non-ortho nitro benzene ring substituents is 1. The molecule has 0 aliphatic carbocycles. The van der Waals surface area contributed by atoms with Crippen molar-refractivity contribution in [2.75, 3.05) is 0 Å². The average molecular weight is 335 g/mol. The van der Waals surface area contributed by atoms with E-state index in [1.54, 1.807) is 30.3 Å². The highest BCUT2D eigenvalue weighted by molar-refractivity contribution is 7.89. The molecule has 0 bridgehead atoms. The van der Waals surface area contributed by atoms with Crippen LogP contribution in [0.2, 0.25) is 0 Å². The highest BCUT2D eigenvalue weighted by Gasteiger charge is 2.25. The van der Waals surface area contributed by atoms with Gasteiger partial charge in [-0.15, -0.1) is 0 Å². The number of nitrogens with two attached hydrogens (primary N) is 1. The summed E-state index contributed by atoms with van der Waals surface area (Å²) in [7, 11) is -4.07. The second kappa shape index (κ2) is 6.55. The zero-order valence-electron chi connectivity index (χ0n) is 11.7. The Morgan fingerprint density at radius 2 is 1.65 bits per heavy atom. The van der Waals surface area contributed by atoms with E-state index in [9.17, 15) is 23.3 Å². The Kier molecular flexibility index (Phi) is 4.72. The number of nitro groups is 1. The fourth-order valence-corrected chi connectivity index (χ4v) is 3.10. The fraction of sp³-hybridized carbons (Fsp3) is 0.0714. The first-order valence-corrected chi connectivity index (χ1v) is 7.90. The Labute approximate surface area is 132 Å². The number of primary amides is 1. The average Bonchev–Trinajstić information content (AvgIpc) is 2.53.